The number of rotatable bonds is 7. The Morgan fingerprint density at radius 3 is 2.18 bits per heavy atom. The third kappa shape index (κ3) is 6.73. The zero-order valence-corrected chi connectivity index (χ0v) is 17.7. The third-order valence-electron chi connectivity index (χ3n) is 4.65. The summed E-state index contributed by atoms with van der Waals surface area (Å²) in [6.45, 7) is 0.331. The van der Waals surface area contributed by atoms with Crippen molar-refractivity contribution in [3.8, 4) is 5.75 Å². The summed E-state index contributed by atoms with van der Waals surface area (Å²) in [6, 6.07) is 19.5. The van der Waals surface area contributed by atoms with Gasteiger partial charge in [0, 0.05) is 18.3 Å². The van der Waals surface area contributed by atoms with Crippen LogP contribution in [0.2, 0.25) is 0 Å². The Hall–Kier alpha value is -4.01. The van der Waals surface area contributed by atoms with Gasteiger partial charge in [-0.25, -0.2) is 4.79 Å². The van der Waals surface area contributed by atoms with Crippen LogP contribution in [0.3, 0.4) is 0 Å². The van der Waals surface area contributed by atoms with Crippen LogP contribution in [0.1, 0.15) is 15.9 Å². The van der Waals surface area contributed by atoms with Crippen LogP contribution in [0.4, 0.5) is 29.3 Å². The average Bonchev–Trinajstić information content (AvgIpc) is 2.80. The number of nitrogens with zero attached hydrogens (tertiary/aromatic N) is 1. The Kier molecular flexibility index (Phi) is 7.55. The normalized spacial score (nSPS) is 10.9. The molecular formula is C24H22F3N3O3. The number of carbonyl (C=O) groups excluding carboxylic acids is 2. The van der Waals surface area contributed by atoms with Gasteiger partial charge in [-0.1, -0.05) is 36.4 Å². The number of carbonyl (C=O) groups is 2. The third-order valence-corrected chi connectivity index (χ3v) is 4.65. The van der Waals surface area contributed by atoms with Crippen molar-refractivity contribution in [2.45, 2.75) is 6.18 Å². The average molecular weight is 457 g/mol. The minimum absolute atomic E-state index is 0.0428. The van der Waals surface area contributed by atoms with Crippen molar-refractivity contribution in [1.29, 1.82) is 0 Å². The summed E-state index contributed by atoms with van der Waals surface area (Å²) in [5.74, 6) is 0.0810. The van der Waals surface area contributed by atoms with E-state index < -0.39 is 29.4 Å². The van der Waals surface area contributed by atoms with E-state index in [1.54, 1.807) is 54.6 Å². The summed E-state index contributed by atoms with van der Waals surface area (Å²) in [6.07, 6.45) is -4.74. The summed E-state index contributed by atoms with van der Waals surface area (Å²) in [5.41, 5.74) is -1.22. The summed E-state index contributed by atoms with van der Waals surface area (Å²) in [7, 11) is 1.45. The molecule has 0 radical (unpaired) electrons. The van der Waals surface area contributed by atoms with Crippen LogP contribution in [0.15, 0.2) is 78.9 Å². The van der Waals surface area contributed by atoms with Gasteiger partial charge in [0.2, 0.25) is 0 Å². The Morgan fingerprint density at radius 1 is 0.909 bits per heavy atom. The molecule has 0 aliphatic rings. The lowest BCUT2D eigenvalue weighted by molar-refractivity contribution is -0.136. The van der Waals surface area contributed by atoms with Gasteiger partial charge in [0.1, 0.15) is 12.4 Å². The topological polar surface area (TPSA) is 70.7 Å². The van der Waals surface area contributed by atoms with E-state index in [9.17, 15) is 22.8 Å². The number of amides is 3. The molecule has 0 aromatic heterocycles. The molecule has 0 aliphatic carbocycles. The number of likely N-dealkylation sites (N-methyl/N-ethyl adjacent to an activating group) is 1. The summed E-state index contributed by atoms with van der Waals surface area (Å²) in [4.78, 5) is 25.9. The number of ether oxygens (including phenoxy) is 1. The molecule has 172 valence electrons. The first-order valence-corrected chi connectivity index (χ1v) is 10.0. The van der Waals surface area contributed by atoms with E-state index in [0.29, 0.717) is 11.3 Å². The first-order chi connectivity index (χ1) is 15.7. The SMILES string of the molecule is CN(CCOc1ccccc1)C(=O)Nc1ccc(NC(=O)c2ccccc2)cc1C(F)(F)F. The molecule has 3 rings (SSSR count). The van der Waals surface area contributed by atoms with E-state index in [0.717, 1.165) is 12.1 Å². The number of benzene rings is 3. The second kappa shape index (κ2) is 10.5. The van der Waals surface area contributed by atoms with Crippen molar-refractivity contribution in [2.75, 3.05) is 30.8 Å². The highest BCUT2D eigenvalue weighted by Crippen LogP contribution is 2.36. The van der Waals surface area contributed by atoms with Gasteiger partial charge in [-0.2, -0.15) is 13.2 Å². The van der Waals surface area contributed by atoms with Crippen molar-refractivity contribution in [2.24, 2.45) is 0 Å². The first-order valence-electron chi connectivity index (χ1n) is 10.0. The number of nitrogens with one attached hydrogen (secondary N) is 2. The number of hydrogen-bond donors (Lipinski definition) is 2. The van der Waals surface area contributed by atoms with Crippen molar-refractivity contribution in [1.82, 2.24) is 4.90 Å². The maximum atomic E-state index is 13.6. The molecule has 9 heteroatoms. The smallest absolute Gasteiger partial charge is 0.418 e. The number of urea groups is 1. The fourth-order valence-corrected chi connectivity index (χ4v) is 2.89. The highest BCUT2D eigenvalue weighted by molar-refractivity contribution is 6.04. The lowest BCUT2D eigenvalue weighted by Crippen LogP contribution is -2.35. The van der Waals surface area contributed by atoms with E-state index >= 15 is 0 Å². The van der Waals surface area contributed by atoms with Crippen LogP contribution in [-0.2, 0) is 6.18 Å². The molecule has 0 aliphatic heterocycles. The number of hydrogen-bond acceptors (Lipinski definition) is 3. The molecule has 33 heavy (non-hydrogen) atoms. The summed E-state index contributed by atoms with van der Waals surface area (Å²) >= 11 is 0. The van der Waals surface area contributed by atoms with E-state index in [1.165, 1.54) is 18.0 Å². The number of alkyl halides is 3. The lowest BCUT2D eigenvalue weighted by atomic mass is 10.1. The van der Waals surface area contributed by atoms with E-state index in [-0.39, 0.29) is 18.8 Å². The van der Waals surface area contributed by atoms with Gasteiger partial charge in [-0.05, 0) is 42.5 Å². The Labute approximate surface area is 189 Å². The number of anilines is 2. The Balaban J connectivity index is 1.66. The molecular weight excluding hydrogens is 435 g/mol. The van der Waals surface area contributed by atoms with Crippen molar-refractivity contribution >= 4 is 23.3 Å². The monoisotopic (exact) mass is 457 g/mol. The predicted octanol–water partition coefficient (Wildman–Crippen LogP) is 5.50. The molecule has 3 aromatic carbocycles. The largest absolute Gasteiger partial charge is 0.492 e. The minimum Gasteiger partial charge on any atom is -0.492 e. The molecule has 0 fully saturated rings. The van der Waals surface area contributed by atoms with E-state index in [2.05, 4.69) is 10.6 Å². The number of halogens is 3. The molecule has 2 N–H and O–H groups in total. The molecule has 0 heterocycles. The van der Waals surface area contributed by atoms with E-state index in [4.69, 9.17) is 4.74 Å². The summed E-state index contributed by atoms with van der Waals surface area (Å²) < 4.78 is 46.4. The molecule has 0 unspecified atom stereocenters. The quantitative estimate of drug-likeness (QED) is 0.492. The van der Waals surface area contributed by atoms with Crippen LogP contribution in [0.5, 0.6) is 5.75 Å². The van der Waals surface area contributed by atoms with Crippen LogP contribution < -0.4 is 15.4 Å². The zero-order chi connectivity index (χ0) is 23.8. The molecule has 0 saturated heterocycles. The molecule has 0 bridgehead atoms. The maximum absolute atomic E-state index is 13.6. The predicted molar refractivity (Wildman–Crippen MR) is 119 cm³/mol. The van der Waals surface area contributed by atoms with Gasteiger partial charge < -0.3 is 20.3 Å². The molecule has 0 atom stereocenters. The summed E-state index contributed by atoms with van der Waals surface area (Å²) in [5, 5.41) is 4.72. The van der Waals surface area contributed by atoms with Gasteiger partial charge in [0.05, 0.1) is 17.8 Å². The Morgan fingerprint density at radius 2 is 1.55 bits per heavy atom. The van der Waals surface area contributed by atoms with Crippen molar-refractivity contribution in [3.05, 3.63) is 90.0 Å². The van der Waals surface area contributed by atoms with Crippen molar-refractivity contribution < 1.29 is 27.5 Å². The Bertz CT molecular complexity index is 1090. The maximum Gasteiger partial charge on any atom is 0.418 e. The molecule has 3 aromatic rings. The standard InChI is InChI=1S/C24H22F3N3O3/c1-30(14-15-33-19-10-6-3-7-11-19)23(32)29-21-13-12-18(16-20(21)24(25,26)27)28-22(31)17-8-4-2-5-9-17/h2-13,16H,14-15H2,1H3,(H,28,31)(H,29,32). The molecule has 0 saturated carbocycles. The van der Waals surface area contributed by atoms with Gasteiger partial charge >= 0.3 is 12.2 Å². The fraction of sp³-hybridized carbons (Fsp3) is 0.167. The van der Waals surface area contributed by atoms with Crippen LogP contribution in [0.25, 0.3) is 0 Å². The van der Waals surface area contributed by atoms with Gasteiger partial charge in [-0.15, -0.1) is 0 Å². The highest BCUT2D eigenvalue weighted by Gasteiger charge is 2.34. The van der Waals surface area contributed by atoms with Crippen molar-refractivity contribution in [3.63, 3.8) is 0 Å². The first kappa shape index (κ1) is 23.6. The van der Waals surface area contributed by atoms with Gasteiger partial charge in [0.25, 0.3) is 5.91 Å². The zero-order valence-electron chi connectivity index (χ0n) is 17.7. The van der Waals surface area contributed by atoms with Crippen LogP contribution in [0, 0.1) is 0 Å². The fourth-order valence-electron chi connectivity index (χ4n) is 2.89. The van der Waals surface area contributed by atoms with Gasteiger partial charge in [-0.3, -0.25) is 4.79 Å². The van der Waals surface area contributed by atoms with Crippen LogP contribution >= 0.6 is 0 Å². The number of para-hydroxylation sites is 1. The van der Waals surface area contributed by atoms with Gasteiger partial charge in [0.15, 0.2) is 0 Å². The minimum atomic E-state index is -4.74. The highest BCUT2D eigenvalue weighted by atomic mass is 19.4. The second-order valence-corrected chi connectivity index (χ2v) is 7.09. The molecule has 6 nitrogen and oxygen atoms in total. The molecule has 0 spiro atoms. The van der Waals surface area contributed by atoms with Crippen LogP contribution in [-0.4, -0.2) is 37.0 Å². The lowest BCUT2D eigenvalue weighted by Gasteiger charge is -2.21. The second-order valence-electron chi connectivity index (χ2n) is 7.09. The molecule has 3 amide bonds. The van der Waals surface area contributed by atoms with E-state index in [1.807, 2.05) is 6.07 Å².